The third kappa shape index (κ3) is 16.4. The van der Waals surface area contributed by atoms with Gasteiger partial charge in [-0.1, -0.05) is 70.6 Å². The minimum Gasteiger partial charge on any atom is -0.480 e. The van der Waals surface area contributed by atoms with E-state index in [-0.39, 0.29) is 25.3 Å². The molecule has 10 nitrogen and oxygen atoms in total. The van der Waals surface area contributed by atoms with Crippen molar-refractivity contribution >= 4 is 24.2 Å². The highest BCUT2D eigenvalue weighted by Gasteiger charge is 2.18. The Bertz CT molecular complexity index is 807. The topological polar surface area (TPSA) is 174 Å². The Morgan fingerprint density at radius 3 is 2.22 bits per heavy atom. The largest absolute Gasteiger partial charge is 0.480 e. The number of nitrogens with two attached hydrogens (primary N) is 1. The van der Waals surface area contributed by atoms with Gasteiger partial charge in [-0.05, 0) is 43.4 Å². The fourth-order valence-electron chi connectivity index (χ4n) is 3.57. The number of aliphatic hydroxyl groups is 1. The summed E-state index contributed by atoms with van der Waals surface area (Å²) in [7, 11) is 0. The first kappa shape index (κ1) is 34.0. The van der Waals surface area contributed by atoms with Gasteiger partial charge in [0.05, 0.1) is 12.6 Å². The lowest BCUT2D eigenvalue weighted by Gasteiger charge is -2.17. The first-order chi connectivity index (χ1) is 17.7. The number of carboxylic acid groups (broad SMARTS) is 2. The second kappa shape index (κ2) is 21.1. The number of aliphatic carboxylic acids is 2. The SMILES string of the molecule is C/C=C/C(=C\C(NC(N)=NC/C=C(\CNC(C=O)C(=O)O)C(O)CCCCCC)C(=O)O)CCCCC. The van der Waals surface area contributed by atoms with Crippen molar-refractivity contribution in [3.05, 3.63) is 35.5 Å². The second-order valence-corrected chi connectivity index (χ2v) is 8.86. The number of carbonyl (C=O) groups is 3. The number of guanidine groups is 1. The lowest BCUT2D eigenvalue weighted by molar-refractivity contribution is -0.141. The maximum absolute atomic E-state index is 11.8. The molecule has 0 heterocycles. The second-order valence-electron chi connectivity index (χ2n) is 8.86. The number of rotatable bonds is 21. The number of allylic oxidation sites excluding steroid dienone is 3. The van der Waals surface area contributed by atoms with Crippen LogP contribution in [0.25, 0.3) is 0 Å². The molecule has 0 fully saturated rings. The van der Waals surface area contributed by atoms with Gasteiger partial charge in [-0.25, -0.2) is 9.79 Å². The Morgan fingerprint density at radius 2 is 1.65 bits per heavy atom. The summed E-state index contributed by atoms with van der Waals surface area (Å²) in [6.45, 7) is 6.09. The molecule has 0 saturated carbocycles. The van der Waals surface area contributed by atoms with Gasteiger partial charge in [0.1, 0.15) is 12.3 Å². The van der Waals surface area contributed by atoms with E-state index in [1.807, 2.05) is 19.1 Å². The smallest absolute Gasteiger partial charge is 0.330 e. The van der Waals surface area contributed by atoms with Gasteiger partial charge in [0.15, 0.2) is 12.0 Å². The van der Waals surface area contributed by atoms with Crippen LogP contribution in [0.2, 0.25) is 0 Å². The first-order valence-electron chi connectivity index (χ1n) is 13.1. The number of aliphatic imine (C=N–C) groups is 1. The highest BCUT2D eigenvalue weighted by molar-refractivity contribution is 5.90. The number of aliphatic hydroxyl groups excluding tert-OH is 1. The number of hydrogen-bond acceptors (Lipinski definition) is 6. The lowest BCUT2D eigenvalue weighted by atomic mass is 10.0. The van der Waals surface area contributed by atoms with Crippen LogP contribution >= 0.6 is 0 Å². The van der Waals surface area contributed by atoms with Crippen molar-refractivity contribution in [1.82, 2.24) is 10.6 Å². The molecule has 210 valence electrons. The minimum atomic E-state index is -1.39. The lowest BCUT2D eigenvalue weighted by Crippen LogP contribution is -2.43. The fourth-order valence-corrected chi connectivity index (χ4v) is 3.57. The summed E-state index contributed by atoms with van der Waals surface area (Å²) in [4.78, 5) is 38.1. The Labute approximate surface area is 220 Å². The molecule has 37 heavy (non-hydrogen) atoms. The number of carboxylic acids is 2. The molecule has 0 bridgehead atoms. The van der Waals surface area contributed by atoms with Gasteiger partial charge in [-0.2, -0.15) is 0 Å². The molecule has 0 aliphatic carbocycles. The number of unbranched alkanes of at least 4 members (excludes halogenated alkanes) is 5. The van der Waals surface area contributed by atoms with Crippen molar-refractivity contribution in [2.45, 2.75) is 96.7 Å². The van der Waals surface area contributed by atoms with Crippen LogP contribution in [-0.4, -0.2) is 70.8 Å². The van der Waals surface area contributed by atoms with E-state index >= 15 is 0 Å². The van der Waals surface area contributed by atoms with E-state index in [9.17, 15) is 24.6 Å². The molecule has 3 unspecified atom stereocenters. The number of hydrogen-bond donors (Lipinski definition) is 6. The predicted molar refractivity (Wildman–Crippen MR) is 146 cm³/mol. The van der Waals surface area contributed by atoms with Crippen molar-refractivity contribution < 1.29 is 29.7 Å². The average molecular weight is 523 g/mol. The van der Waals surface area contributed by atoms with Crippen LogP contribution in [0.1, 0.15) is 78.6 Å². The Morgan fingerprint density at radius 1 is 1.00 bits per heavy atom. The molecule has 0 radical (unpaired) electrons. The molecule has 0 aliphatic heterocycles. The third-order valence-corrected chi connectivity index (χ3v) is 5.70. The molecule has 3 atom stereocenters. The molecule has 0 aromatic carbocycles. The van der Waals surface area contributed by atoms with Crippen molar-refractivity contribution in [1.29, 1.82) is 0 Å². The Hall–Kier alpha value is -2.98. The summed E-state index contributed by atoms with van der Waals surface area (Å²) in [6.07, 6.45) is 14.6. The van der Waals surface area contributed by atoms with Gasteiger partial charge in [-0.15, -0.1) is 0 Å². The van der Waals surface area contributed by atoms with Crippen LogP contribution in [0.15, 0.2) is 40.4 Å². The standard InChI is InChI=1S/C27H46N4O6/c1-4-7-9-11-14-24(33)21(18-30-23(19-32)26(36)37)15-16-29-27(28)31-22(25(34)35)17-20(12-6-3)13-10-8-5-2/h6,12,15,17,19,22-24,30,33H,4-5,7-11,13-14,16,18H2,1-3H3,(H,34,35)(H,36,37)(H3,28,29,31)/b12-6+,20-17+,21-15+. The van der Waals surface area contributed by atoms with Crippen molar-refractivity contribution in [2.75, 3.05) is 13.1 Å². The normalized spacial score (nSPS) is 15.4. The van der Waals surface area contributed by atoms with Crippen molar-refractivity contribution in [3.63, 3.8) is 0 Å². The Balaban J connectivity index is 5.45. The zero-order valence-electron chi connectivity index (χ0n) is 22.5. The molecule has 7 N–H and O–H groups in total. The Kier molecular flexibility index (Phi) is 19.4. The van der Waals surface area contributed by atoms with Crippen LogP contribution < -0.4 is 16.4 Å². The van der Waals surface area contributed by atoms with Gasteiger partial charge in [-0.3, -0.25) is 10.1 Å². The summed E-state index contributed by atoms with van der Waals surface area (Å²) >= 11 is 0. The number of nitrogens with zero attached hydrogens (tertiary/aromatic N) is 1. The molecule has 0 saturated heterocycles. The highest BCUT2D eigenvalue weighted by Crippen LogP contribution is 2.13. The van der Waals surface area contributed by atoms with Gasteiger partial charge in [0.25, 0.3) is 0 Å². The van der Waals surface area contributed by atoms with Gasteiger partial charge in [0.2, 0.25) is 0 Å². The van der Waals surface area contributed by atoms with Crippen LogP contribution in [0, 0.1) is 0 Å². The maximum atomic E-state index is 11.8. The molecule has 0 aliphatic rings. The summed E-state index contributed by atoms with van der Waals surface area (Å²) in [6, 6.07) is -2.45. The van der Waals surface area contributed by atoms with Crippen molar-refractivity contribution in [3.8, 4) is 0 Å². The van der Waals surface area contributed by atoms with Crippen LogP contribution in [0.3, 0.4) is 0 Å². The molecule has 0 aromatic heterocycles. The molecule has 0 spiro atoms. The van der Waals surface area contributed by atoms with Crippen LogP contribution in [0.4, 0.5) is 0 Å². The molecule has 0 rings (SSSR count). The molecular weight excluding hydrogens is 476 g/mol. The number of carbonyl (C=O) groups excluding carboxylic acids is 1. The van der Waals surface area contributed by atoms with Crippen LogP contribution in [-0.2, 0) is 14.4 Å². The van der Waals surface area contributed by atoms with E-state index in [0.29, 0.717) is 12.0 Å². The fraction of sp³-hybridized carbons (Fsp3) is 0.630. The van der Waals surface area contributed by atoms with E-state index in [1.165, 1.54) is 0 Å². The zero-order chi connectivity index (χ0) is 28.1. The molecule has 0 aromatic rings. The van der Waals surface area contributed by atoms with Gasteiger partial charge < -0.3 is 31.2 Å². The van der Waals surface area contributed by atoms with E-state index in [4.69, 9.17) is 10.8 Å². The predicted octanol–water partition coefficient (Wildman–Crippen LogP) is 2.93. The van der Waals surface area contributed by atoms with Gasteiger partial charge in [0, 0.05) is 6.54 Å². The summed E-state index contributed by atoms with van der Waals surface area (Å²) in [5, 5.41) is 34.7. The summed E-state index contributed by atoms with van der Waals surface area (Å²) in [5.74, 6) is -2.47. The number of aldehydes is 1. The van der Waals surface area contributed by atoms with E-state index in [1.54, 1.807) is 12.2 Å². The van der Waals surface area contributed by atoms with Crippen molar-refractivity contribution in [2.24, 2.45) is 10.7 Å². The molecular formula is C27H46N4O6. The maximum Gasteiger partial charge on any atom is 0.330 e. The summed E-state index contributed by atoms with van der Waals surface area (Å²) < 4.78 is 0. The minimum absolute atomic E-state index is 0.0154. The van der Waals surface area contributed by atoms with E-state index < -0.39 is 30.1 Å². The van der Waals surface area contributed by atoms with Gasteiger partial charge >= 0.3 is 11.9 Å². The zero-order valence-corrected chi connectivity index (χ0v) is 22.5. The average Bonchev–Trinajstić information content (AvgIpc) is 2.85. The number of nitrogens with one attached hydrogen (secondary N) is 2. The quantitative estimate of drug-likeness (QED) is 0.0252. The first-order valence-corrected chi connectivity index (χ1v) is 13.1. The monoisotopic (exact) mass is 522 g/mol. The molecule has 0 amide bonds. The van der Waals surface area contributed by atoms with Crippen LogP contribution in [0.5, 0.6) is 0 Å². The van der Waals surface area contributed by atoms with E-state index in [2.05, 4.69) is 29.5 Å². The third-order valence-electron chi connectivity index (χ3n) is 5.70. The summed E-state index contributed by atoms with van der Waals surface area (Å²) in [5.41, 5.74) is 7.32. The van der Waals surface area contributed by atoms with E-state index in [0.717, 1.165) is 56.9 Å². The highest BCUT2D eigenvalue weighted by atomic mass is 16.4. The molecule has 10 heteroatoms.